The molecule has 3 aromatic rings. The third kappa shape index (κ3) is 6.86. The van der Waals surface area contributed by atoms with Gasteiger partial charge in [-0.3, -0.25) is 14.5 Å². The molecule has 1 aliphatic heterocycles. The Morgan fingerprint density at radius 3 is 2.35 bits per heavy atom. The molecule has 0 saturated carbocycles. The van der Waals surface area contributed by atoms with Gasteiger partial charge in [0, 0.05) is 32.7 Å². The van der Waals surface area contributed by atoms with E-state index < -0.39 is 6.04 Å². The molecule has 1 saturated heterocycles. The van der Waals surface area contributed by atoms with E-state index >= 15 is 0 Å². The number of halogens is 2. The molecule has 0 aromatic heterocycles. The number of nitrogens with two attached hydrogens (primary N) is 1. The van der Waals surface area contributed by atoms with Crippen LogP contribution in [-0.4, -0.2) is 66.4 Å². The number of hydrogen-bond donors (Lipinski definition) is 2. The Morgan fingerprint density at radius 1 is 1.00 bits per heavy atom. The monoisotopic (exact) mass is 526 g/mol. The van der Waals surface area contributed by atoms with Gasteiger partial charge >= 0.3 is 0 Å². The zero-order chi connectivity index (χ0) is 25.7. The molecule has 3 aromatic carbocycles. The maximum Gasteiger partial charge on any atom is 0.240 e. The molecular formula is C29H36ClFN4O2. The summed E-state index contributed by atoms with van der Waals surface area (Å²) in [7, 11) is 1.67. The molecule has 1 aliphatic rings. The second-order valence-electron chi connectivity index (χ2n) is 9.54. The van der Waals surface area contributed by atoms with Gasteiger partial charge < -0.3 is 16.0 Å². The van der Waals surface area contributed by atoms with Crippen molar-refractivity contribution in [3.8, 4) is 0 Å². The van der Waals surface area contributed by atoms with E-state index in [0.717, 1.165) is 22.9 Å². The Balaban J connectivity index is 0.00000380. The molecule has 0 spiro atoms. The fourth-order valence-corrected chi connectivity index (χ4v) is 5.12. The van der Waals surface area contributed by atoms with Gasteiger partial charge in [0.1, 0.15) is 5.82 Å². The second kappa shape index (κ2) is 13.0. The number of benzene rings is 3. The first-order valence-corrected chi connectivity index (χ1v) is 12.6. The smallest absolute Gasteiger partial charge is 0.240 e. The first-order valence-electron chi connectivity index (χ1n) is 12.6. The summed E-state index contributed by atoms with van der Waals surface area (Å²) >= 11 is 0. The summed E-state index contributed by atoms with van der Waals surface area (Å²) in [6.07, 6.45) is 1.72. The maximum absolute atomic E-state index is 13.2. The van der Waals surface area contributed by atoms with Gasteiger partial charge in [-0.1, -0.05) is 61.5 Å². The van der Waals surface area contributed by atoms with Crippen LogP contribution < -0.4 is 11.1 Å². The van der Waals surface area contributed by atoms with Crippen molar-refractivity contribution < 1.29 is 14.0 Å². The van der Waals surface area contributed by atoms with Crippen molar-refractivity contribution >= 4 is 35.0 Å². The molecular weight excluding hydrogens is 491 g/mol. The van der Waals surface area contributed by atoms with Gasteiger partial charge in [0.25, 0.3) is 0 Å². The number of amides is 2. The van der Waals surface area contributed by atoms with Crippen molar-refractivity contribution in [2.45, 2.75) is 44.3 Å². The third-order valence-corrected chi connectivity index (χ3v) is 7.19. The lowest BCUT2D eigenvalue weighted by atomic mass is 9.98. The van der Waals surface area contributed by atoms with Crippen molar-refractivity contribution in [1.82, 2.24) is 15.1 Å². The topological polar surface area (TPSA) is 78.7 Å². The molecule has 1 fully saturated rings. The van der Waals surface area contributed by atoms with Gasteiger partial charge in [-0.2, -0.15) is 0 Å². The molecule has 6 nitrogen and oxygen atoms in total. The van der Waals surface area contributed by atoms with Gasteiger partial charge in [0.15, 0.2) is 0 Å². The summed E-state index contributed by atoms with van der Waals surface area (Å²) in [5, 5.41) is 5.16. The van der Waals surface area contributed by atoms with Crippen LogP contribution in [0.1, 0.15) is 24.5 Å². The normalized spacial score (nSPS) is 17.6. The molecule has 4 rings (SSSR count). The van der Waals surface area contributed by atoms with E-state index in [1.807, 2.05) is 17.0 Å². The molecule has 0 bridgehead atoms. The third-order valence-electron chi connectivity index (χ3n) is 7.19. The minimum absolute atomic E-state index is 0. The number of piperazine rings is 1. The fourth-order valence-electron chi connectivity index (χ4n) is 5.12. The predicted octanol–water partition coefficient (Wildman–Crippen LogP) is 3.55. The molecule has 37 heavy (non-hydrogen) atoms. The van der Waals surface area contributed by atoms with Crippen LogP contribution in [-0.2, 0) is 22.4 Å². The highest BCUT2D eigenvalue weighted by Crippen LogP contribution is 2.22. The lowest BCUT2D eigenvalue weighted by molar-refractivity contribution is -0.139. The summed E-state index contributed by atoms with van der Waals surface area (Å²) in [6, 6.07) is 19.6. The van der Waals surface area contributed by atoms with Gasteiger partial charge in [0.2, 0.25) is 11.8 Å². The SMILES string of the molecule is CCC1CN(C(Cc2ccc3ccccc3c2)C(=O)NC)CCN1C(=O)C(N)Cc1ccc(F)cc1.Cl. The summed E-state index contributed by atoms with van der Waals surface area (Å²) in [6.45, 7) is 3.77. The zero-order valence-electron chi connectivity index (χ0n) is 21.4. The van der Waals surface area contributed by atoms with Gasteiger partial charge in [-0.25, -0.2) is 4.39 Å². The number of hydrogen-bond acceptors (Lipinski definition) is 4. The average molecular weight is 527 g/mol. The van der Waals surface area contributed by atoms with Crippen LogP contribution in [0.5, 0.6) is 0 Å². The summed E-state index contributed by atoms with van der Waals surface area (Å²) < 4.78 is 13.2. The van der Waals surface area contributed by atoms with Gasteiger partial charge in [0.05, 0.1) is 12.1 Å². The summed E-state index contributed by atoms with van der Waals surface area (Å²) in [4.78, 5) is 30.2. The number of carbonyl (C=O) groups excluding carboxylic acids is 2. The van der Waals surface area contributed by atoms with Crippen molar-refractivity contribution in [3.05, 3.63) is 83.7 Å². The first-order chi connectivity index (χ1) is 17.4. The van der Waals surface area contributed by atoms with Crippen molar-refractivity contribution in [1.29, 1.82) is 0 Å². The van der Waals surface area contributed by atoms with E-state index in [0.29, 0.717) is 32.5 Å². The number of carbonyl (C=O) groups is 2. The van der Waals surface area contributed by atoms with E-state index in [9.17, 15) is 14.0 Å². The molecule has 3 atom stereocenters. The minimum atomic E-state index is -0.691. The van der Waals surface area contributed by atoms with Crippen LogP contribution in [0, 0.1) is 5.82 Å². The quantitative estimate of drug-likeness (QED) is 0.470. The molecule has 8 heteroatoms. The van der Waals surface area contributed by atoms with Gasteiger partial charge in [-0.05, 0) is 53.3 Å². The molecule has 0 radical (unpaired) electrons. The number of nitrogens with zero attached hydrogens (tertiary/aromatic N) is 2. The predicted molar refractivity (Wildman–Crippen MR) is 148 cm³/mol. The number of fused-ring (bicyclic) bond motifs is 1. The second-order valence-corrected chi connectivity index (χ2v) is 9.54. The Kier molecular flexibility index (Phi) is 10.0. The van der Waals surface area contributed by atoms with Crippen molar-refractivity contribution in [3.63, 3.8) is 0 Å². The summed E-state index contributed by atoms with van der Waals surface area (Å²) in [5.41, 5.74) is 8.22. The van der Waals surface area contributed by atoms with Crippen LogP contribution in [0.15, 0.2) is 66.7 Å². The van der Waals surface area contributed by atoms with Crippen LogP contribution >= 0.6 is 12.4 Å². The Labute approximate surface area is 224 Å². The van der Waals surface area contributed by atoms with E-state index in [-0.39, 0.29) is 42.1 Å². The number of nitrogens with one attached hydrogen (secondary N) is 1. The van der Waals surface area contributed by atoms with Crippen LogP contribution in [0.2, 0.25) is 0 Å². The fraction of sp³-hybridized carbons (Fsp3) is 0.379. The van der Waals surface area contributed by atoms with E-state index in [2.05, 4.69) is 47.5 Å². The average Bonchev–Trinajstić information content (AvgIpc) is 2.91. The lowest BCUT2D eigenvalue weighted by Gasteiger charge is -2.44. The number of rotatable bonds is 8. The number of likely N-dealkylation sites (N-methyl/N-ethyl adjacent to an activating group) is 1. The van der Waals surface area contributed by atoms with Gasteiger partial charge in [-0.15, -0.1) is 12.4 Å². The van der Waals surface area contributed by atoms with E-state index in [1.54, 1.807) is 19.2 Å². The minimum Gasteiger partial charge on any atom is -0.358 e. The molecule has 3 N–H and O–H groups in total. The van der Waals surface area contributed by atoms with E-state index in [1.165, 1.54) is 17.5 Å². The Morgan fingerprint density at radius 2 is 1.68 bits per heavy atom. The highest BCUT2D eigenvalue weighted by atomic mass is 35.5. The molecule has 2 amide bonds. The highest BCUT2D eigenvalue weighted by molar-refractivity contribution is 5.86. The van der Waals surface area contributed by atoms with Crippen LogP contribution in [0.3, 0.4) is 0 Å². The maximum atomic E-state index is 13.2. The lowest BCUT2D eigenvalue weighted by Crippen LogP contribution is -2.62. The zero-order valence-corrected chi connectivity index (χ0v) is 22.2. The van der Waals surface area contributed by atoms with Crippen molar-refractivity contribution in [2.75, 3.05) is 26.7 Å². The van der Waals surface area contributed by atoms with Crippen LogP contribution in [0.4, 0.5) is 4.39 Å². The van der Waals surface area contributed by atoms with E-state index in [4.69, 9.17) is 5.73 Å². The standard InChI is InChI=1S/C29H35FN4O2.ClH/c1-3-25-19-33(14-15-34(25)29(36)26(31)17-20-9-12-24(30)13-10-20)27(28(35)32-2)18-21-8-11-22-6-4-5-7-23(22)16-21;/h4-13,16,25-27H,3,14-15,17-19,31H2,1-2H3,(H,32,35);1H. The highest BCUT2D eigenvalue weighted by Gasteiger charge is 2.36. The Bertz CT molecular complexity index is 1210. The van der Waals surface area contributed by atoms with Crippen LogP contribution in [0.25, 0.3) is 10.8 Å². The first kappa shape index (κ1) is 28.6. The molecule has 1 heterocycles. The molecule has 3 unspecified atom stereocenters. The largest absolute Gasteiger partial charge is 0.358 e. The van der Waals surface area contributed by atoms with Crippen molar-refractivity contribution in [2.24, 2.45) is 5.73 Å². The Hall–Kier alpha value is -3.00. The summed E-state index contributed by atoms with van der Waals surface area (Å²) in [5.74, 6) is -0.433. The molecule has 198 valence electrons. The molecule has 0 aliphatic carbocycles.